The Morgan fingerprint density at radius 1 is 0.967 bits per heavy atom. The molecule has 1 unspecified atom stereocenters. The number of nitrogens with zero attached hydrogens (tertiary/aromatic N) is 3. The summed E-state index contributed by atoms with van der Waals surface area (Å²) in [5, 5.41) is 3.27. The van der Waals surface area contributed by atoms with E-state index in [0.29, 0.717) is 12.0 Å². The van der Waals surface area contributed by atoms with Gasteiger partial charge in [-0.2, -0.15) is 0 Å². The molecule has 1 saturated heterocycles. The number of ether oxygens (including phenoxy) is 2. The number of rotatable bonds is 8. The van der Waals surface area contributed by atoms with Crippen LogP contribution in [0.2, 0.25) is 0 Å². The molecule has 1 aliphatic heterocycles. The summed E-state index contributed by atoms with van der Waals surface area (Å²) in [5.41, 5.74) is 4.31. The SMILES string of the molecule is COCC1CCCN1Cc1ccc(Nc2ncc(-c3ccc(OC)cc3)cn2)cc1. The molecule has 1 aromatic heterocycles. The summed E-state index contributed by atoms with van der Waals surface area (Å²) in [4.78, 5) is 11.4. The Bertz CT molecular complexity index is 927. The number of likely N-dealkylation sites (tertiary alicyclic amines) is 1. The van der Waals surface area contributed by atoms with Gasteiger partial charge in [0.25, 0.3) is 0 Å². The first-order chi connectivity index (χ1) is 14.7. The van der Waals surface area contributed by atoms with E-state index in [4.69, 9.17) is 9.47 Å². The standard InChI is InChI=1S/C24H28N4O2/c1-29-17-22-4-3-13-28(22)16-18-5-9-21(10-6-18)27-24-25-14-20(15-26-24)19-7-11-23(30-2)12-8-19/h5-12,14-15,22H,3-4,13,16-17H2,1-2H3,(H,25,26,27). The van der Waals surface area contributed by atoms with E-state index in [1.54, 1.807) is 14.2 Å². The minimum atomic E-state index is 0.533. The van der Waals surface area contributed by atoms with Crippen LogP contribution < -0.4 is 10.1 Å². The third-order valence-corrected chi connectivity index (χ3v) is 5.53. The number of methoxy groups -OCH3 is 2. The lowest BCUT2D eigenvalue weighted by atomic mass is 10.1. The van der Waals surface area contributed by atoms with Crippen molar-refractivity contribution in [3.8, 4) is 16.9 Å². The van der Waals surface area contributed by atoms with Crippen LogP contribution in [-0.2, 0) is 11.3 Å². The second-order valence-electron chi connectivity index (χ2n) is 7.57. The highest BCUT2D eigenvalue weighted by molar-refractivity contribution is 5.63. The molecule has 2 aromatic carbocycles. The van der Waals surface area contributed by atoms with Gasteiger partial charge in [-0.25, -0.2) is 9.97 Å². The summed E-state index contributed by atoms with van der Waals surface area (Å²) < 4.78 is 10.6. The molecule has 0 aliphatic carbocycles. The van der Waals surface area contributed by atoms with Crippen LogP contribution in [0.15, 0.2) is 60.9 Å². The maximum Gasteiger partial charge on any atom is 0.227 e. The molecular formula is C24H28N4O2. The van der Waals surface area contributed by atoms with Gasteiger partial charge in [-0.1, -0.05) is 24.3 Å². The topological polar surface area (TPSA) is 59.5 Å². The Kier molecular flexibility index (Phi) is 6.57. The molecular weight excluding hydrogens is 376 g/mol. The van der Waals surface area contributed by atoms with Crippen LogP contribution in [0.4, 0.5) is 11.6 Å². The van der Waals surface area contributed by atoms with Crippen LogP contribution in [0.25, 0.3) is 11.1 Å². The van der Waals surface area contributed by atoms with E-state index in [9.17, 15) is 0 Å². The quantitative estimate of drug-likeness (QED) is 0.596. The number of benzene rings is 2. The lowest BCUT2D eigenvalue weighted by Crippen LogP contribution is -2.32. The predicted octanol–water partition coefficient (Wildman–Crippen LogP) is 4.51. The first kappa shape index (κ1) is 20.3. The molecule has 1 atom stereocenters. The van der Waals surface area contributed by atoms with Crippen molar-refractivity contribution in [2.24, 2.45) is 0 Å². The van der Waals surface area contributed by atoms with Crippen molar-refractivity contribution in [1.29, 1.82) is 0 Å². The van der Waals surface area contributed by atoms with Gasteiger partial charge in [-0.05, 0) is 54.8 Å². The molecule has 6 nitrogen and oxygen atoms in total. The lowest BCUT2D eigenvalue weighted by molar-refractivity contribution is 0.112. The molecule has 1 N–H and O–H groups in total. The molecule has 3 aromatic rings. The highest BCUT2D eigenvalue weighted by Gasteiger charge is 2.24. The zero-order valence-electron chi connectivity index (χ0n) is 17.5. The Morgan fingerprint density at radius 2 is 1.70 bits per heavy atom. The second-order valence-corrected chi connectivity index (χ2v) is 7.57. The monoisotopic (exact) mass is 404 g/mol. The van der Waals surface area contributed by atoms with Gasteiger partial charge in [-0.3, -0.25) is 4.90 Å². The second kappa shape index (κ2) is 9.69. The van der Waals surface area contributed by atoms with Gasteiger partial charge < -0.3 is 14.8 Å². The average molecular weight is 405 g/mol. The fourth-order valence-corrected chi connectivity index (χ4v) is 3.87. The summed E-state index contributed by atoms with van der Waals surface area (Å²) in [5.74, 6) is 1.42. The third kappa shape index (κ3) is 4.96. The first-order valence-electron chi connectivity index (χ1n) is 10.3. The minimum absolute atomic E-state index is 0.533. The van der Waals surface area contributed by atoms with E-state index in [0.717, 1.165) is 42.3 Å². The Morgan fingerprint density at radius 3 is 2.37 bits per heavy atom. The van der Waals surface area contributed by atoms with Gasteiger partial charge in [0.2, 0.25) is 5.95 Å². The molecule has 4 rings (SSSR count). The fourth-order valence-electron chi connectivity index (χ4n) is 3.87. The number of hydrogen-bond acceptors (Lipinski definition) is 6. The van der Waals surface area contributed by atoms with Crippen molar-refractivity contribution in [2.45, 2.75) is 25.4 Å². The third-order valence-electron chi connectivity index (χ3n) is 5.53. The van der Waals surface area contributed by atoms with Gasteiger partial charge in [-0.15, -0.1) is 0 Å². The molecule has 0 saturated carbocycles. The molecule has 0 spiro atoms. The largest absolute Gasteiger partial charge is 0.497 e. The van der Waals surface area contributed by atoms with Crippen molar-refractivity contribution in [1.82, 2.24) is 14.9 Å². The van der Waals surface area contributed by atoms with Gasteiger partial charge in [0.15, 0.2) is 0 Å². The molecule has 0 radical (unpaired) electrons. The molecule has 6 heteroatoms. The van der Waals surface area contributed by atoms with E-state index >= 15 is 0 Å². The summed E-state index contributed by atoms with van der Waals surface area (Å²) in [6.07, 6.45) is 6.12. The van der Waals surface area contributed by atoms with Gasteiger partial charge in [0.05, 0.1) is 13.7 Å². The van der Waals surface area contributed by atoms with Crippen molar-refractivity contribution in [2.75, 3.05) is 32.7 Å². The van der Waals surface area contributed by atoms with Crippen LogP contribution in [0.5, 0.6) is 5.75 Å². The van der Waals surface area contributed by atoms with E-state index in [1.165, 1.54) is 18.4 Å². The number of anilines is 2. The summed E-state index contributed by atoms with van der Waals surface area (Å²) in [7, 11) is 3.44. The molecule has 30 heavy (non-hydrogen) atoms. The van der Waals surface area contributed by atoms with Crippen molar-refractivity contribution >= 4 is 11.6 Å². The normalized spacial score (nSPS) is 16.5. The van der Waals surface area contributed by atoms with E-state index in [-0.39, 0.29) is 0 Å². The maximum absolute atomic E-state index is 5.36. The van der Waals surface area contributed by atoms with E-state index < -0.39 is 0 Å². The lowest BCUT2D eigenvalue weighted by Gasteiger charge is -2.23. The summed E-state index contributed by atoms with van der Waals surface area (Å²) in [6.45, 7) is 2.91. The summed E-state index contributed by atoms with van der Waals surface area (Å²) in [6, 6.07) is 16.9. The Balaban J connectivity index is 1.36. The van der Waals surface area contributed by atoms with Crippen LogP contribution in [0.1, 0.15) is 18.4 Å². The predicted molar refractivity (Wildman–Crippen MR) is 119 cm³/mol. The highest BCUT2D eigenvalue weighted by Crippen LogP contribution is 2.23. The Labute approximate surface area is 177 Å². The number of hydrogen-bond donors (Lipinski definition) is 1. The van der Waals surface area contributed by atoms with Gasteiger partial charge >= 0.3 is 0 Å². The van der Waals surface area contributed by atoms with E-state index in [2.05, 4.69) is 44.5 Å². The van der Waals surface area contributed by atoms with Crippen LogP contribution in [0, 0.1) is 0 Å². The summed E-state index contributed by atoms with van der Waals surface area (Å²) >= 11 is 0. The molecule has 1 aliphatic rings. The van der Waals surface area contributed by atoms with Crippen LogP contribution in [-0.4, -0.2) is 48.3 Å². The Hall–Kier alpha value is -2.96. The molecule has 156 valence electrons. The van der Waals surface area contributed by atoms with Crippen molar-refractivity contribution in [3.63, 3.8) is 0 Å². The zero-order chi connectivity index (χ0) is 20.8. The fraction of sp³-hybridized carbons (Fsp3) is 0.333. The maximum atomic E-state index is 5.36. The van der Waals surface area contributed by atoms with Crippen molar-refractivity contribution < 1.29 is 9.47 Å². The van der Waals surface area contributed by atoms with Gasteiger partial charge in [0.1, 0.15) is 5.75 Å². The van der Waals surface area contributed by atoms with Gasteiger partial charge in [0, 0.05) is 43.3 Å². The minimum Gasteiger partial charge on any atom is -0.497 e. The van der Waals surface area contributed by atoms with E-state index in [1.807, 2.05) is 36.7 Å². The molecule has 2 heterocycles. The number of aromatic nitrogens is 2. The first-order valence-corrected chi connectivity index (χ1v) is 10.3. The van der Waals surface area contributed by atoms with Crippen LogP contribution >= 0.6 is 0 Å². The number of nitrogens with one attached hydrogen (secondary N) is 1. The molecule has 0 amide bonds. The highest BCUT2D eigenvalue weighted by atomic mass is 16.5. The van der Waals surface area contributed by atoms with Crippen LogP contribution in [0.3, 0.4) is 0 Å². The molecule has 1 fully saturated rings. The smallest absolute Gasteiger partial charge is 0.227 e. The molecule has 0 bridgehead atoms. The average Bonchev–Trinajstić information content (AvgIpc) is 3.23. The van der Waals surface area contributed by atoms with Crippen molar-refractivity contribution in [3.05, 3.63) is 66.5 Å². The zero-order valence-corrected chi connectivity index (χ0v) is 17.5.